The van der Waals surface area contributed by atoms with Crippen molar-refractivity contribution in [3.05, 3.63) is 0 Å². The minimum Gasteiger partial charge on any atom is -0.480 e. The van der Waals surface area contributed by atoms with Gasteiger partial charge in [0, 0.05) is 6.42 Å². The average Bonchev–Trinajstić information content (AvgIpc) is 2.41. The summed E-state index contributed by atoms with van der Waals surface area (Å²) in [5, 5.41) is 11.0. The van der Waals surface area contributed by atoms with Crippen molar-refractivity contribution in [2.75, 3.05) is 13.7 Å². The number of methoxy groups -OCH3 is 1. The number of aliphatic carboxylic acids is 1. The van der Waals surface area contributed by atoms with Gasteiger partial charge in [0.15, 0.2) is 6.04 Å². The zero-order valence-electron chi connectivity index (χ0n) is 11.3. The number of ether oxygens (including phenoxy) is 2. The summed E-state index contributed by atoms with van der Waals surface area (Å²) in [6, 6.07) is -2.96. The fourth-order valence-corrected chi connectivity index (χ4v) is 1.22. The fourth-order valence-electron chi connectivity index (χ4n) is 1.22. The molecule has 0 aliphatic heterocycles. The Balaban J connectivity index is 4.51. The van der Waals surface area contributed by atoms with Gasteiger partial charge in [-0.15, -0.1) is 0 Å². The van der Waals surface area contributed by atoms with Crippen LogP contribution < -0.4 is 11.1 Å². The summed E-state index contributed by atoms with van der Waals surface area (Å²) in [6.07, 6.45) is -0.369. The molecule has 0 radical (unpaired) electrons. The van der Waals surface area contributed by atoms with Crippen molar-refractivity contribution in [1.82, 2.24) is 5.32 Å². The highest BCUT2D eigenvalue weighted by atomic mass is 16.5. The van der Waals surface area contributed by atoms with Crippen molar-refractivity contribution in [2.24, 2.45) is 5.73 Å². The molecule has 9 nitrogen and oxygen atoms in total. The van der Waals surface area contributed by atoms with Crippen LogP contribution in [0.15, 0.2) is 0 Å². The maximum atomic E-state index is 11.6. The van der Waals surface area contributed by atoms with Gasteiger partial charge in [0.2, 0.25) is 5.91 Å². The quantitative estimate of drug-likeness (QED) is 0.358. The zero-order valence-corrected chi connectivity index (χ0v) is 11.3. The maximum absolute atomic E-state index is 11.6. The van der Waals surface area contributed by atoms with Crippen LogP contribution in [0.2, 0.25) is 0 Å². The topological polar surface area (TPSA) is 145 Å². The monoisotopic (exact) mass is 290 g/mol. The number of carboxylic acid groups (broad SMARTS) is 1. The third-order valence-corrected chi connectivity index (χ3v) is 2.30. The molecule has 0 rings (SSSR count). The number of amides is 1. The first-order valence-electron chi connectivity index (χ1n) is 5.85. The van der Waals surface area contributed by atoms with Gasteiger partial charge in [-0.05, 0) is 13.3 Å². The van der Waals surface area contributed by atoms with Crippen LogP contribution in [0.4, 0.5) is 0 Å². The predicted octanol–water partition coefficient (Wildman–Crippen LogP) is -1.60. The lowest BCUT2D eigenvalue weighted by molar-refractivity contribution is -0.150. The molecule has 0 aliphatic rings. The summed E-state index contributed by atoms with van der Waals surface area (Å²) in [5.41, 5.74) is 5.31. The van der Waals surface area contributed by atoms with E-state index in [1.165, 1.54) is 0 Å². The SMILES string of the molecule is CCOC(=O)C(N)C(=O)N[C@H](CCC(=O)OC)C(=O)O. The van der Waals surface area contributed by atoms with Crippen LogP contribution in [0.5, 0.6) is 0 Å². The van der Waals surface area contributed by atoms with Crippen molar-refractivity contribution >= 4 is 23.8 Å². The molecule has 0 fully saturated rings. The summed E-state index contributed by atoms with van der Waals surface area (Å²) in [4.78, 5) is 44.6. The Hall–Kier alpha value is -2.16. The fraction of sp³-hybridized carbons (Fsp3) is 0.636. The number of carbonyl (C=O) groups is 4. The molecule has 0 heterocycles. The molecule has 4 N–H and O–H groups in total. The van der Waals surface area contributed by atoms with Crippen LogP contribution in [0, 0.1) is 0 Å². The normalized spacial score (nSPS) is 12.9. The number of carbonyl (C=O) groups excluding carboxylic acids is 3. The zero-order chi connectivity index (χ0) is 15.7. The van der Waals surface area contributed by atoms with Crippen molar-refractivity contribution in [3.63, 3.8) is 0 Å². The van der Waals surface area contributed by atoms with E-state index in [2.05, 4.69) is 14.8 Å². The summed E-state index contributed by atoms with van der Waals surface area (Å²) in [7, 11) is 1.16. The van der Waals surface area contributed by atoms with E-state index < -0.39 is 35.9 Å². The number of hydrogen-bond acceptors (Lipinski definition) is 7. The van der Waals surface area contributed by atoms with E-state index in [1.807, 2.05) is 0 Å². The van der Waals surface area contributed by atoms with E-state index in [9.17, 15) is 19.2 Å². The number of rotatable bonds is 8. The second-order valence-electron chi connectivity index (χ2n) is 3.74. The Morgan fingerprint density at radius 2 is 1.90 bits per heavy atom. The Morgan fingerprint density at radius 1 is 1.30 bits per heavy atom. The van der Waals surface area contributed by atoms with Gasteiger partial charge in [-0.25, -0.2) is 9.59 Å². The molecule has 0 bridgehead atoms. The van der Waals surface area contributed by atoms with E-state index in [0.29, 0.717) is 0 Å². The van der Waals surface area contributed by atoms with E-state index in [0.717, 1.165) is 7.11 Å². The van der Waals surface area contributed by atoms with Crippen molar-refractivity contribution in [1.29, 1.82) is 0 Å². The van der Waals surface area contributed by atoms with E-state index >= 15 is 0 Å². The van der Waals surface area contributed by atoms with Gasteiger partial charge in [0.05, 0.1) is 13.7 Å². The molecule has 114 valence electrons. The van der Waals surface area contributed by atoms with Crippen LogP contribution in [-0.2, 0) is 28.7 Å². The molecule has 0 aromatic carbocycles. The van der Waals surface area contributed by atoms with Crippen LogP contribution in [0.3, 0.4) is 0 Å². The minimum atomic E-state index is -1.62. The standard InChI is InChI=1S/C11H18N2O7/c1-3-20-11(18)8(12)9(15)13-6(10(16)17)4-5-7(14)19-2/h6,8H,3-5,12H2,1-2H3,(H,13,15)(H,16,17)/t6-,8?/m1/s1. The molecular formula is C11H18N2O7. The van der Waals surface area contributed by atoms with Gasteiger partial charge in [-0.1, -0.05) is 0 Å². The van der Waals surface area contributed by atoms with Gasteiger partial charge in [0.25, 0.3) is 0 Å². The lowest BCUT2D eigenvalue weighted by Crippen LogP contribution is -2.52. The van der Waals surface area contributed by atoms with Crippen LogP contribution >= 0.6 is 0 Å². The smallest absolute Gasteiger partial charge is 0.332 e. The maximum Gasteiger partial charge on any atom is 0.332 e. The Morgan fingerprint density at radius 3 is 2.35 bits per heavy atom. The summed E-state index contributed by atoms with van der Waals surface area (Å²) in [5.74, 6) is -3.90. The van der Waals surface area contributed by atoms with Crippen molar-refractivity contribution in [2.45, 2.75) is 31.8 Å². The second-order valence-corrected chi connectivity index (χ2v) is 3.74. The number of hydrogen-bond donors (Lipinski definition) is 3. The second kappa shape index (κ2) is 8.86. The molecular weight excluding hydrogens is 272 g/mol. The molecule has 0 spiro atoms. The highest BCUT2D eigenvalue weighted by molar-refractivity contribution is 6.02. The molecule has 9 heteroatoms. The van der Waals surface area contributed by atoms with Crippen LogP contribution in [-0.4, -0.2) is 54.7 Å². The van der Waals surface area contributed by atoms with Gasteiger partial charge in [0.1, 0.15) is 6.04 Å². The first kappa shape index (κ1) is 17.8. The average molecular weight is 290 g/mol. The molecule has 20 heavy (non-hydrogen) atoms. The Bertz CT molecular complexity index is 383. The van der Waals surface area contributed by atoms with Crippen molar-refractivity contribution < 1.29 is 33.8 Å². The first-order valence-corrected chi connectivity index (χ1v) is 5.85. The van der Waals surface area contributed by atoms with Crippen LogP contribution in [0.1, 0.15) is 19.8 Å². The first-order chi connectivity index (χ1) is 9.33. The van der Waals surface area contributed by atoms with Gasteiger partial charge in [-0.3, -0.25) is 9.59 Å². The molecule has 0 aromatic heterocycles. The summed E-state index contributed by atoms with van der Waals surface area (Å²) >= 11 is 0. The Kier molecular flexibility index (Phi) is 7.90. The molecule has 2 atom stereocenters. The molecule has 0 aromatic rings. The number of esters is 2. The van der Waals surface area contributed by atoms with E-state index in [-0.39, 0.29) is 19.4 Å². The molecule has 0 saturated carbocycles. The summed E-state index contributed by atoms with van der Waals surface area (Å²) in [6.45, 7) is 1.59. The lowest BCUT2D eigenvalue weighted by atomic mass is 10.1. The highest BCUT2D eigenvalue weighted by Crippen LogP contribution is 2.00. The van der Waals surface area contributed by atoms with Gasteiger partial charge >= 0.3 is 17.9 Å². The predicted molar refractivity (Wildman–Crippen MR) is 65.4 cm³/mol. The Labute approximate surface area is 115 Å². The molecule has 1 amide bonds. The van der Waals surface area contributed by atoms with E-state index in [4.69, 9.17) is 10.8 Å². The molecule has 0 saturated heterocycles. The van der Waals surface area contributed by atoms with Crippen molar-refractivity contribution in [3.8, 4) is 0 Å². The van der Waals surface area contributed by atoms with E-state index in [1.54, 1.807) is 6.92 Å². The minimum absolute atomic E-state index is 0.0461. The third-order valence-electron chi connectivity index (χ3n) is 2.30. The largest absolute Gasteiger partial charge is 0.480 e. The molecule has 0 aliphatic carbocycles. The van der Waals surface area contributed by atoms with Gasteiger partial charge < -0.3 is 25.6 Å². The van der Waals surface area contributed by atoms with Crippen LogP contribution in [0.25, 0.3) is 0 Å². The number of nitrogens with one attached hydrogen (secondary N) is 1. The third kappa shape index (κ3) is 6.14. The molecule has 1 unspecified atom stereocenters. The lowest BCUT2D eigenvalue weighted by Gasteiger charge is -2.16. The number of carboxylic acids is 1. The highest BCUT2D eigenvalue weighted by Gasteiger charge is 2.28. The number of nitrogens with two attached hydrogens (primary N) is 1. The van der Waals surface area contributed by atoms with Gasteiger partial charge in [-0.2, -0.15) is 0 Å². The summed E-state index contributed by atoms with van der Waals surface area (Å²) < 4.78 is 8.90.